The van der Waals surface area contributed by atoms with E-state index in [1.54, 1.807) is 0 Å². The van der Waals surface area contributed by atoms with Crippen molar-refractivity contribution in [3.05, 3.63) is 231 Å². The van der Waals surface area contributed by atoms with E-state index in [4.69, 9.17) is 4.99 Å². The lowest BCUT2D eigenvalue weighted by atomic mass is 9.66. The van der Waals surface area contributed by atoms with Gasteiger partial charge >= 0.3 is 0 Å². The number of aliphatic imine (C=N–C) groups is 1. The van der Waals surface area contributed by atoms with Gasteiger partial charge in [-0.15, -0.1) is 0 Å². The molecule has 2 unspecified atom stereocenters. The Labute approximate surface area is 307 Å². The number of fused-ring (bicyclic) bond motifs is 7. The molecule has 0 fully saturated rings. The van der Waals surface area contributed by atoms with E-state index in [2.05, 4.69) is 163 Å². The van der Waals surface area contributed by atoms with Crippen LogP contribution in [0.5, 0.6) is 0 Å². The third kappa shape index (κ3) is 4.70. The number of benzene rings is 4. The molecule has 7 aromatic rings. The van der Waals surface area contributed by atoms with Gasteiger partial charge in [-0.3, -0.25) is 9.36 Å². The zero-order chi connectivity index (χ0) is 35.5. The van der Waals surface area contributed by atoms with Crippen LogP contribution in [0.25, 0.3) is 16.7 Å². The van der Waals surface area contributed by atoms with Crippen molar-refractivity contribution in [2.45, 2.75) is 18.8 Å². The van der Waals surface area contributed by atoms with Crippen molar-refractivity contribution in [1.29, 1.82) is 0 Å². The number of nitrogens with one attached hydrogen (secondary N) is 2. The predicted octanol–water partition coefficient (Wildman–Crippen LogP) is 8.39. The lowest BCUT2D eigenvalue weighted by Crippen LogP contribution is -2.36. The number of nitrogens with zero attached hydrogens (tertiary/aromatic N) is 2. The number of hydrogen-bond donors (Lipinski definition) is 2. The van der Waals surface area contributed by atoms with Crippen molar-refractivity contribution < 1.29 is 4.79 Å². The summed E-state index contributed by atoms with van der Waals surface area (Å²) in [4.78, 5) is 27.9. The molecule has 53 heavy (non-hydrogen) atoms. The summed E-state index contributed by atoms with van der Waals surface area (Å²) < 4.78 is 1.93. The molecule has 3 aliphatic heterocycles. The summed E-state index contributed by atoms with van der Waals surface area (Å²) in [6, 6.07) is 52.8. The standard InChI is InChI=1S/C48H36N4O/c1-2-36-47(53)52-30-34-29-43(52)48(36,35-21-13-6-14-22-35)42-28-27-41(51-42)46(33-19-11-5-12-20-33)40-26-25-39(50-40)45(32-17-9-4-10-18-32)38-24-23-37(49-38)44(34)31-15-7-3-8-16-31/h3-30,36,49,51H,2H2,1H3/b44-37-,45-38-,46-40-. The summed E-state index contributed by atoms with van der Waals surface area (Å²) in [5.74, 6) is -0.216. The van der Waals surface area contributed by atoms with E-state index in [0.29, 0.717) is 6.42 Å². The topological polar surface area (TPSA) is 65.9 Å². The molecular weight excluding hydrogens is 649 g/mol. The van der Waals surface area contributed by atoms with E-state index in [1.165, 1.54) is 0 Å². The van der Waals surface area contributed by atoms with E-state index in [9.17, 15) is 4.79 Å². The number of aromatic amines is 2. The molecule has 2 N–H and O–H groups in total. The predicted molar refractivity (Wildman–Crippen MR) is 212 cm³/mol. The minimum atomic E-state index is -0.760. The van der Waals surface area contributed by atoms with Crippen molar-refractivity contribution in [1.82, 2.24) is 14.5 Å². The Morgan fingerprint density at radius 1 is 0.623 bits per heavy atom. The maximum atomic E-state index is 14.8. The van der Waals surface area contributed by atoms with Crippen LogP contribution in [0, 0.1) is 5.92 Å². The molecule has 3 aliphatic rings. The van der Waals surface area contributed by atoms with Gasteiger partial charge in [0.25, 0.3) is 0 Å². The highest BCUT2D eigenvalue weighted by Crippen LogP contribution is 2.52. The largest absolute Gasteiger partial charge is 0.357 e. The molecule has 0 amide bonds. The van der Waals surface area contributed by atoms with Gasteiger partial charge in [0, 0.05) is 56.3 Å². The molecule has 0 saturated heterocycles. The number of carbonyl (C=O) groups excluding carboxylic acids is 1. The molecule has 0 saturated carbocycles. The Kier molecular flexibility index (Phi) is 7.15. The molecule has 5 heteroatoms. The Bertz CT molecular complexity index is 2760. The van der Waals surface area contributed by atoms with Crippen molar-refractivity contribution in [3.63, 3.8) is 0 Å². The fourth-order valence-electron chi connectivity index (χ4n) is 8.90. The van der Waals surface area contributed by atoms with Crippen LogP contribution < -0.4 is 10.7 Å². The van der Waals surface area contributed by atoms with Crippen LogP contribution in [0.1, 0.15) is 63.0 Å². The average Bonchev–Trinajstić information content (AvgIpc) is 4.06. The summed E-state index contributed by atoms with van der Waals surface area (Å²) in [5, 5.41) is 1.93. The Morgan fingerprint density at radius 2 is 1.21 bits per heavy atom. The first-order valence-electron chi connectivity index (χ1n) is 18.3. The molecule has 6 heterocycles. The molecule has 3 aromatic heterocycles. The van der Waals surface area contributed by atoms with Crippen LogP contribution >= 0.6 is 0 Å². The van der Waals surface area contributed by atoms with Gasteiger partial charge in [0.2, 0.25) is 5.91 Å². The molecule has 254 valence electrons. The van der Waals surface area contributed by atoms with Crippen molar-refractivity contribution in [2.75, 3.05) is 0 Å². The minimum absolute atomic E-state index is 0.101. The maximum Gasteiger partial charge on any atom is 0.235 e. The normalized spacial score (nSPS) is 22.3. The van der Waals surface area contributed by atoms with Gasteiger partial charge in [-0.2, -0.15) is 0 Å². The molecule has 0 radical (unpaired) electrons. The Morgan fingerprint density at radius 3 is 1.85 bits per heavy atom. The average molecular weight is 685 g/mol. The van der Waals surface area contributed by atoms with Crippen molar-refractivity contribution in [2.24, 2.45) is 10.9 Å². The Hall–Kier alpha value is -6.72. The first kappa shape index (κ1) is 31.1. The van der Waals surface area contributed by atoms with E-state index >= 15 is 0 Å². The second kappa shape index (κ2) is 12.2. The molecule has 0 spiro atoms. The van der Waals surface area contributed by atoms with Gasteiger partial charge in [0.05, 0.1) is 22.7 Å². The monoisotopic (exact) mass is 684 g/mol. The summed E-state index contributed by atoms with van der Waals surface area (Å²) in [7, 11) is 0. The number of H-pyrrole nitrogens is 2. The van der Waals surface area contributed by atoms with Gasteiger partial charge in [0.15, 0.2) is 0 Å². The zero-order valence-corrected chi connectivity index (χ0v) is 29.3. The fraction of sp³-hybridized carbons (Fsp3) is 0.0833. The minimum Gasteiger partial charge on any atom is -0.357 e. The molecular formula is C48H36N4O. The number of rotatable bonds is 5. The number of hydrogen-bond acceptors (Lipinski definition) is 2. The SMILES string of the molecule is CCC1C(=O)n2cc3cc2C1(c1ccccc1)c1ccc([nH]1)/C(c1ccccc1)=C1/C=CC(=N1)/C(c1ccccc1)=c1/cc/c([nH]1)=C/3c1ccccc1. The smallest absolute Gasteiger partial charge is 0.235 e. The van der Waals surface area contributed by atoms with Crippen molar-refractivity contribution >= 4 is 28.3 Å². The van der Waals surface area contributed by atoms with E-state index < -0.39 is 5.41 Å². The van der Waals surface area contributed by atoms with Gasteiger partial charge in [-0.05, 0) is 71.2 Å². The highest BCUT2D eigenvalue weighted by atomic mass is 16.2. The quantitative estimate of drug-likeness (QED) is 0.188. The maximum absolute atomic E-state index is 14.8. The zero-order valence-electron chi connectivity index (χ0n) is 29.3. The van der Waals surface area contributed by atoms with E-state index in [-0.39, 0.29) is 11.8 Å². The van der Waals surface area contributed by atoms with Crippen LogP contribution in [-0.4, -0.2) is 26.2 Å². The summed E-state index contributed by atoms with van der Waals surface area (Å²) in [5.41, 5.74) is 12.2. The van der Waals surface area contributed by atoms with Crippen LogP contribution in [0.3, 0.4) is 0 Å². The van der Waals surface area contributed by atoms with Crippen LogP contribution in [0.2, 0.25) is 0 Å². The number of carbonyl (C=O) groups is 1. The molecule has 2 atom stereocenters. The second-order valence-corrected chi connectivity index (χ2v) is 14.0. The molecule has 0 aliphatic carbocycles. The molecule has 5 nitrogen and oxygen atoms in total. The summed E-state index contributed by atoms with van der Waals surface area (Å²) in [6.07, 6.45) is 6.99. The van der Waals surface area contributed by atoms with E-state index in [0.717, 1.165) is 83.7 Å². The highest BCUT2D eigenvalue weighted by molar-refractivity contribution is 6.30. The van der Waals surface area contributed by atoms with Gasteiger partial charge < -0.3 is 9.97 Å². The lowest BCUT2D eigenvalue weighted by Gasteiger charge is -2.34. The van der Waals surface area contributed by atoms with Gasteiger partial charge in [-0.25, -0.2) is 4.99 Å². The first-order chi connectivity index (χ1) is 26.1. The highest BCUT2D eigenvalue weighted by Gasteiger charge is 2.55. The number of aromatic nitrogens is 3. The second-order valence-electron chi connectivity index (χ2n) is 14.0. The first-order valence-corrected chi connectivity index (χ1v) is 18.3. The van der Waals surface area contributed by atoms with Crippen molar-refractivity contribution in [3.8, 4) is 0 Å². The van der Waals surface area contributed by atoms with Gasteiger partial charge in [0.1, 0.15) is 0 Å². The van der Waals surface area contributed by atoms with Crippen LogP contribution in [0.15, 0.2) is 181 Å². The van der Waals surface area contributed by atoms with Crippen LogP contribution in [-0.2, 0) is 5.41 Å². The Balaban J connectivity index is 1.38. The summed E-state index contributed by atoms with van der Waals surface area (Å²) in [6.45, 7) is 2.13. The van der Waals surface area contributed by atoms with Crippen LogP contribution in [0.4, 0.5) is 0 Å². The van der Waals surface area contributed by atoms with E-state index in [1.807, 2.05) is 28.8 Å². The lowest BCUT2D eigenvalue weighted by molar-refractivity contribution is 0.0839. The molecule has 8 bridgehead atoms. The molecule has 4 aromatic carbocycles. The van der Waals surface area contributed by atoms with Gasteiger partial charge in [-0.1, -0.05) is 128 Å². The third-order valence-electron chi connectivity index (χ3n) is 11.2. The third-order valence-corrected chi connectivity index (χ3v) is 11.2. The number of allylic oxidation sites excluding steroid dienone is 2. The summed E-state index contributed by atoms with van der Waals surface area (Å²) >= 11 is 0. The molecule has 10 rings (SSSR count). The fourth-order valence-corrected chi connectivity index (χ4v) is 8.90.